The predicted molar refractivity (Wildman–Crippen MR) is 107 cm³/mol. The highest BCUT2D eigenvalue weighted by Gasteiger charge is 2.24. The van der Waals surface area contributed by atoms with Crippen LogP contribution in [0.3, 0.4) is 0 Å². The van der Waals surface area contributed by atoms with Crippen LogP contribution in [-0.2, 0) is 4.79 Å². The number of nitrogens with zero attached hydrogens (tertiary/aromatic N) is 2. The van der Waals surface area contributed by atoms with E-state index < -0.39 is 10.8 Å². The molecular weight excluding hydrogens is 374 g/mol. The molecule has 2 aromatic rings. The van der Waals surface area contributed by atoms with Gasteiger partial charge in [-0.1, -0.05) is 12.1 Å². The van der Waals surface area contributed by atoms with Crippen LogP contribution >= 0.6 is 0 Å². The second-order valence-electron chi connectivity index (χ2n) is 6.69. The second kappa shape index (κ2) is 8.02. The maximum Gasteiger partial charge on any atom is 0.296 e. The Labute approximate surface area is 167 Å². The lowest BCUT2D eigenvalue weighted by molar-refractivity contribution is -0.384. The molecule has 0 aliphatic carbocycles. The minimum atomic E-state index is -0.745. The summed E-state index contributed by atoms with van der Waals surface area (Å²) in [7, 11) is 0. The molecule has 0 fully saturated rings. The number of nitro groups is 1. The van der Waals surface area contributed by atoms with Crippen LogP contribution in [0, 0.1) is 42.2 Å². The number of nitro benzene ring substituents is 1. The average molecular weight is 393 g/mol. The van der Waals surface area contributed by atoms with Gasteiger partial charge < -0.3 is 14.8 Å². The summed E-state index contributed by atoms with van der Waals surface area (Å²) in [5, 5.41) is 23.3. The van der Waals surface area contributed by atoms with Gasteiger partial charge in [0.25, 0.3) is 11.6 Å². The lowest BCUT2D eigenvalue weighted by atomic mass is 9.99. The van der Waals surface area contributed by atoms with E-state index in [1.54, 1.807) is 0 Å². The standard InChI is InChI=1S/C21H19N3O5/c1-12-6-14(3)15(7-13(12)2)8-16(11-22)21(25)23-17-9-19-20(29-5-4-28-19)10-18(17)24(26)27/h6-10H,4-5H2,1-3H3,(H,23,25)/b16-8+. The fourth-order valence-electron chi connectivity index (χ4n) is 2.96. The van der Waals surface area contributed by atoms with Gasteiger partial charge >= 0.3 is 0 Å². The summed E-state index contributed by atoms with van der Waals surface area (Å²) < 4.78 is 10.8. The van der Waals surface area contributed by atoms with Crippen molar-refractivity contribution in [2.75, 3.05) is 18.5 Å². The number of ether oxygens (including phenoxy) is 2. The van der Waals surface area contributed by atoms with Crippen LogP contribution in [0.2, 0.25) is 0 Å². The molecule has 0 spiro atoms. The lowest BCUT2D eigenvalue weighted by Crippen LogP contribution is -2.18. The van der Waals surface area contributed by atoms with Crippen molar-refractivity contribution in [1.29, 1.82) is 5.26 Å². The van der Waals surface area contributed by atoms with Crippen LogP contribution in [0.5, 0.6) is 11.5 Å². The minimum absolute atomic E-state index is 0.0674. The molecule has 1 N–H and O–H groups in total. The van der Waals surface area contributed by atoms with Crippen molar-refractivity contribution < 1.29 is 19.2 Å². The van der Waals surface area contributed by atoms with Crippen molar-refractivity contribution in [2.24, 2.45) is 0 Å². The van der Waals surface area contributed by atoms with E-state index in [1.165, 1.54) is 18.2 Å². The first-order valence-corrected chi connectivity index (χ1v) is 8.89. The number of nitrogens with one attached hydrogen (secondary N) is 1. The zero-order valence-corrected chi connectivity index (χ0v) is 16.2. The van der Waals surface area contributed by atoms with Crippen molar-refractivity contribution in [2.45, 2.75) is 20.8 Å². The quantitative estimate of drug-likeness (QED) is 0.365. The van der Waals surface area contributed by atoms with Gasteiger partial charge in [-0.15, -0.1) is 0 Å². The molecule has 0 saturated heterocycles. The van der Waals surface area contributed by atoms with Crippen LogP contribution in [0.25, 0.3) is 6.08 Å². The van der Waals surface area contributed by atoms with E-state index in [0.717, 1.165) is 22.3 Å². The molecule has 3 rings (SSSR count). The van der Waals surface area contributed by atoms with Crippen molar-refractivity contribution in [3.8, 4) is 17.6 Å². The zero-order chi connectivity index (χ0) is 21.1. The van der Waals surface area contributed by atoms with E-state index >= 15 is 0 Å². The smallest absolute Gasteiger partial charge is 0.296 e. The molecule has 0 atom stereocenters. The first-order valence-electron chi connectivity index (χ1n) is 8.89. The summed E-state index contributed by atoms with van der Waals surface area (Å²) in [4.78, 5) is 23.4. The fraction of sp³-hybridized carbons (Fsp3) is 0.238. The third-order valence-electron chi connectivity index (χ3n) is 4.65. The van der Waals surface area contributed by atoms with Gasteiger partial charge in [0.05, 0.1) is 11.0 Å². The zero-order valence-electron chi connectivity index (χ0n) is 16.2. The third-order valence-corrected chi connectivity index (χ3v) is 4.65. The van der Waals surface area contributed by atoms with Crippen molar-refractivity contribution >= 4 is 23.4 Å². The topological polar surface area (TPSA) is 114 Å². The van der Waals surface area contributed by atoms with Crippen molar-refractivity contribution in [3.63, 3.8) is 0 Å². The Morgan fingerprint density at radius 2 is 1.72 bits per heavy atom. The van der Waals surface area contributed by atoms with Gasteiger partial charge in [0.1, 0.15) is 30.5 Å². The fourth-order valence-corrected chi connectivity index (χ4v) is 2.96. The van der Waals surface area contributed by atoms with Crippen LogP contribution in [-0.4, -0.2) is 24.0 Å². The third kappa shape index (κ3) is 4.19. The van der Waals surface area contributed by atoms with Gasteiger partial charge in [0, 0.05) is 6.07 Å². The number of nitriles is 1. The largest absolute Gasteiger partial charge is 0.486 e. The number of benzene rings is 2. The molecular formula is C21H19N3O5. The summed E-state index contributed by atoms with van der Waals surface area (Å²) in [6.07, 6.45) is 1.47. The summed E-state index contributed by atoms with van der Waals surface area (Å²) in [6.45, 7) is 6.39. The van der Waals surface area contributed by atoms with Crippen molar-refractivity contribution in [1.82, 2.24) is 0 Å². The Bertz CT molecular complexity index is 1080. The van der Waals surface area contributed by atoms with Gasteiger partial charge in [0.2, 0.25) is 0 Å². The number of hydrogen-bond acceptors (Lipinski definition) is 6. The number of amides is 1. The molecule has 1 aliphatic rings. The molecule has 29 heavy (non-hydrogen) atoms. The van der Waals surface area contributed by atoms with Crippen LogP contribution in [0.1, 0.15) is 22.3 Å². The highest BCUT2D eigenvalue weighted by atomic mass is 16.6. The molecule has 8 heteroatoms. The Morgan fingerprint density at radius 1 is 1.10 bits per heavy atom. The number of fused-ring (bicyclic) bond motifs is 1. The van der Waals surface area contributed by atoms with Crippen LogP contribution in [0.4, 0.5) is 11.4 Å². The van der Waals surface area contributed by atoms with Crippen molar-refractivity contribution in [3.05, 3.63) is 62.2 Å². The SMILES string of the molecule is Cc1cc(C)c(/C=C(\C#N)C(=O)Nc2cc3c(cc2[N+](=O)[O-])OCCO3)cc1C. The minimum Gasteiger partial charge on any atom is -0.486 e. The summed E-state index contributed by atoms with van der Waals surface area (Å²) in [6, 6.07) is 8.26. The molecule has 1 aliphatic heterocycles. The number of carbonyl (C=O) groups is 1. The van der Waals surface area contributed by atoms with E-state index in [-0.39, 0.29) is 29.3 Å². The second-order valence-corrected chi connectivity index (χ2v) is 6.69. The number of anilines is 1. The molecule has 1 heterocycles. The molecule has 0 bridgehead atoms. The highest BCUT2D eigenvalue weighted by Crippen LogP contribution is 2.39. The van der Waals surface area contributed by atoms with E-state index in [0.29, 0.717) is 12.4 Å². The lowest BCUT2D eigenvalue weighted by Gasteiger charge is -2.19. The van der Waals surface area contributed by atoms with Gasteiger partial charge in [-0.3, -0.25) is 14.9 Å². The average Bonchev–Trinajstić information content (AvgIpc) is 2.68. The normalized spacial score (nSPS) is 12.8. The number of rotatable bonds is 4. The van der Waals surface area contributed by atoms with Crippen LogP contribution in [0.15, 0.2) is 29.8 Å². The Kier molecular flexibility index (Phi) is 5.50. The Balaban J connectivity index is 1.95. The number of carbonyl (C=O) groups excluding carboxylic acids is 1. The van der Waals surface area contributed by atoms with Gasteiger partial charge in [-0.05, 0) is 49.1 Å². The van der Waals surface area contributed by atoms with Crippen LogP contribution < -0.4 is 14.8 Å². The Morgan fingerprint density at radius 3 is 2.34 bits per heavy atom. The molecule has 148 valence electrons. The molecule has 0 unspecified atom stereocenters. The first-order chi connectivity index (χ1) is 13.8. The molecule has 2 aromatic carbocycles. The summed E-state index contributed by atoms with van der Waals surface area (Å²) in [5.74, 6) is -0.211. The molecule has 1 amide bonds. The number of hydrogen-bond donors (Lipinski definition) is 1. The van der Waals surface area contributed by atoms with Gasteiger partial charge in [-0.2, -0.15) is 5.26 Å². The van der Waals surface area contributed by atoms with E-state index in [2.05, 4.69) is 5.32 Å². The highest BCUT2D eigenvalue weighted by molar-refractivity contribution is 6.10. The van der Waals surface area contributed by atoms with E-state index in [1.807, 2.05) is 39.0 Å². The van der Waals surface area contributed by atoms with Gasteiger partial charge in [-0.25, -0.2) is 0 Å². The maximum absolute atomic E-state index is 12.7. The first kappa shape index (κ1) is 19.9. The molecule has 0 radical (unpaired) electrons. The molecule has 8 nitrogen and oxygen atoms in total. The monoisotopic (exact) mass is 393 g/mol. The predicted octanol–water partition coefficient (Wildman–Crippen LogP) is 3.84. The van der Waals surface area contributed by atoms with E-state index in [4.69, 9.17) is 9.47 Å². The molecule has 0 saturated carbocycles. The maximum atomic E-state index is 12.7. The number of aryl methyl sites for hydroxylation is 3. The van der Waals surface area contributed by atoms with E-state index in [9.17, 15) is 20.2 Å². The van der Waals surface area contributed by atoms with Gasteiger partial charge in [0.15, 0.2) is 11.5 Å². The Hall–Kier alpha value is -3.86. The summed E-state index contributed by atoms with van der Waals surface area (Å²) >= 11 is 0. The summed E-state index contributed by atoms with van der Waals surface area (Å²) in [5.41, 5.74) is 3.21. The molecule has 0 aromatic heterocycles.